The third-order valence-corrected chi connectivity index (χ3v) is 3.31. The average Bonchev–Trinajstić information content (AvgIpc) is 2.74. The zero-order chi connectivity index (χ0) is 12.4. The number of halogens is 2. The fourth-order valence-corrected chi connectivity index (χ4v) is 2.57. The lowest BCUT2D eigenvalue weighted by atomic mass is 9.99. The monoisotopic (exact) mass is 240 g/mol. The van der Waals surface area contributed by atoms with Crippen LogP contribution in [0.4, 0.5) is 8.78 Å². The highest BCUT2D eigenvalue weighted by Crippen LogP contribution is 2.29. The molecule has 0 aliphatic carbocycles. The molecule has 1 aliphatic rings. The second kappa shape index (κ2) is 5.10. The Bertz CT molecular complexity index is 387. The van der Waals surface area contributed by atoms with E-state index in [-0.39, 0.29) is 12.1 Å². The van der Waals surface area contributed by atoms with Crippen molar-refractivity contribution in [3.8, 4) is 0 Å². The number of benzene rings is 1. The molecular formula is C13H18F2N2. The van der Waals surface area contributed by atoms with Crippen LogP contribution in [0.2, 0.25) is 0 Å². The topological polar surface area (TPSA) is 29.3 Å². The maximum Gasteiger partial charge on any atom is 0.130 e. The minimum absolute atomic E-state index is 0.155. The van der Waals surface area contributed by atoms with E-state index in [2.05, 4.69) is 4.90 Å². The molecule has 1 aromatic rings. The van der Waals surface area contributed by atoms with Crippen molar-refractivity contribution in [3.63, 3.8) is 0 Å². The first-order valence-electron chi connectivity index (χ1n) is 6.04. The van der Waals surface area contributed by atoms with E-state index in [0.29, 0.717) is 5.56 Å². The zero-order valence-electron chi connectivity index (χ0n) is 10.00. The summed E-state index contributed by atoms with van der Waals surface area (Å²) >= 11 is 0. The fraction of sp³-hybridized carbons (Fsp3) is 0.538. The summed E-state index contributed by atoms with van der Waals surface area (Å²) < 4.78 is 26.7. The van der Waals surface area contributed by atoms with E-state index in [1.54, 1.807) is 0 Å². The number of hydrogen-bond acceptors (Lipinski definition) is 2. The molecule has 1 fully saturated rings. The van der Waals surface area contributed by atoms with Crippen molar-refractivity contribution in [2.24, 2.45) is 5.73 Å². The van der Waals surface area contributed by atoms with Crippen LogP contribution in [-0.4, -0.2) is 24.0 Å². The molecule has 0 spiro atoms. The minimum atomic E-state index is -0.545. The van der Waals surface area contributed by atoms with E-state index in [1.807, 2.05) is 6.92 Å². The molecule has 0 saturated carbocycles. The standard InChI is InChI=1S/C13H18F2N2/c1-9(16)13(17-6-2-3-7-17)11-5-4-10(14)8-12(11)15/h4-5,8-9,13H,2-3,6-7,16H2,1H3. The van der Waals surface area contributed by atoms with E-state index < -0.39 is 11.6 Å². The zero-order valence-corrected chi connectivity index (χ0v) is 10.00. The third-order valence-electron chi connectivity index (χ3n) is 3.31. The first-order chi connectivity index (χ1) is 8.09. The number of nitrogens with two attached hydrogens (primary N) is 1. The van der Waals surface area contributed by atoms with Gasteiger partial charge in [-0.05, 0) is 38.9 Å². The van der Waals surface area contributed by atoms with Crippen LogP contribution in [0.25, 0.3) is 0 Å². The molecule has 2 N–H and O–H groups in total. The van der Waals surface area contributed by atoms with Gasteiger partial charge in [-0.3, -0.25) is 4.90 Å². The molecule has 1 aliphatic heterocycles. The highest BCUT2D eigenvalue weighted by molar-refractivity contribution is 5.23. The van der Waals surface area contributed by atoms with Gasteiger partial charge < -0.3 is 5.73 Å². The van der Waals surface area contributed by atoms with Gasteiger partial charge >= 0.3 is 0 Å². The third kappa shape index (κ3) is 2.64. The van der Waals surface area contributed by atoms with Crippen molar-refractivity contribution in [3.05, 3.63) is 35.4 Å². The number of hydrogen-bond donors (Lipinski definition) is 1. The van der Waals surface area contributed by atoms with Crippen LogP contribution in [0.15, 0.2) is 18.2 Å². The Balaban J connectivity index is 2.31. The summed E-state index contributed by atoms with van der Waals surface area (Å²) in [6, 6.07) is 3.41. The van der Waals surface area contributed by atoms with E-state index >= 15 is 0 Å². The van der Waals surface area contributed by atoms with E-state index in [1.165, 1.54) is 12.1 Å². The van der Waals surface area contributed by atoms with Crippen molar-refractivity contribution >= 4 is 0 Å². The van der Waals surface area contributed by atoms with Crippen molar-refractivity contribution in [1.82, 2.24) is 4.90 Å². The summed E-state index contributed by atoms with van der Waals surface area (Å²) in [6.45, 7) is 3.73. The minimum Gasteiger partial charge on any atom is -0.326 e. The first-order valence-corrected chi connectivity index (χ1v) is 6.04. The largest absolute Gasteiger partial charge is 0.326 e. The van der Waals surface area contributed by atoms with Gasteiger partial charge in [0.2, 0.25) is 0 Å². The molecule has 94 valence electrons. The average molecular weight is 240 g/mol. The molecule has 1 heterocycles. The summed E-state index contributed by atoms with van der Waals surface area (Å²) in [5.41, 5.74) is 6.46. The molecular weight excluding hydrogens is 222 g/mol. The smallest absolute Gasteiger partial charge is 0.130 e. The Hall–Kier alpha value is -1.00. The molecule has 2 nitrogen and oxygen atoms in total. The molecule has 2 atom stereocenters. The van der Waals surface area contributed by atoms with Crippen molar-refractivity contribution in [1.29, 1.82) is 0 Å². The molecule has 2 unspecified atom stereocenters. The van der Waals surface area contributed by atoms with Gasteiger partial charge in [0.15, 0.2) is 0 Å². The summed E-state index contributed by atoms with van der Waals surface area (Å²) in [5.74, 6) is -1.05. The van der Waals surface area contributed by atoms with Crippen molar-refractivity contribution < 1.29 is 8.78 Å². The van der Waals surface area contributed by atoms with Crippen LogP contribution in [0, 0.1) is 11.6 Å². The van der Waals surface area contributed by atoms with Gasteiger partial charge in [-0.2, -0.15) is 0 Å². The summed E-state index contributed by atoms with van der Waals surface area (Å²) in [7, 11) is 0. The Morgan fingerprint density at radius 2 is 1.88 bits per heavy atom. The van der Waals surface area contributed by atoms with Gasteiger partial charge in [-0.15, -0.1) is 0 Å². The molecule has 1 aromatic carbocycles. The van der Waals surface area contributed by atoms with Gasteiger partial charge in [0, 0.05) is 17.7 Å². The van der Waals surface area contributed by atoms with Gasteiger partial charge in [-0.1, -0.05) is 6.07 Å². The highest BCUT2D eigenvalue weighted by atomic mass is 19.1. The van der Waals surface area contributed by atoms with Crippen LogP contribution in [-0.2, 0) is 0 Å². The second-order valence-corrected chi connectivity index (χ2v) is 4.71. The Morgan fingerprint density at radius 1 is 1.24 bits per heavy atom. The SMILES string of the molecule is CC(N)C(c1ccc(F)cc1F)N1CCCC1. The number of nitrogens with zero attached hydrogens (tertiary/aromatic N) is 1. The molecule has 0 radical (unpaired) electrons. The molecule has 1 saturated heterocycles. The van der Waals surface area contributed by atoms with Crippen molar-refractivity contribution in [2.75, 3.05) is 13.1 Å². The highest BCUT2D eigenvalue weighted by Gasteiger charge is 2.28. The molecule has 17 heavy (non-hydrogen) atoms. The second-order valence-electron chi connectivity index (χ2n) is 4.71. The van der Waals surface area contributed by atoms with Crippen LogP contribution < -0.4 is 5.73 Å². The molecule has 0 aromatic heterocycles. The maximum atomic E-state index is 13.8. The summed E-state index contributed by atoms with van der Waals surface area (Å²) in [6.07, 6.45) is 2.23. The van der Waals surface area contributed by atoms with Crippen LogP contribution in [0.1, 0.15) is 31.4 Å². The van der Waals surface area contributed by atoms with Gasteiger partial charge in [0.25, 0.3) is 0 Å². The molecule has 4 heteroatoms. The lowest BCUT2D eigenvalue weighted by Crippen LogP contribution is -2.38. The van der Waals surface area contributed by atoms with Gasteiger partial charge in [-0.25, -0.2) is 8.78 Å². The van der Waals surface area contributed by atoms with Crippen LogP contribution >= 0.6 is 0 Å². The van der Waals surface area contributed by atoms with E-state index in [9.17, 15) is 8.78 Å². The fourth-order valence-electron chi connectivity index (χ4n) is 2.57. The first kappa shape index (κ1) is 12.5. The van der Waals surface area contributed by atoms with Crippen molar-refractivity contribution in [2.45, 2.75) is 31.8 Å². The number of likely N-dealkylation sites (tertiary alicyclic amines) is 1. The van der Waals surface area contributed by atoms with E-state index in [4.69, 9.17) is 5.73 Å². The predicted molar refractivity (Wildman–Crippen MR) is 63.6 cm³/mol. The lowest BCUT2D eigenvalue weighted by Gasteiger charge is -2.31. The van der Waals surface area contributed by atoms with Crippen LogP contribution in [0.3, 0.4) is 0 Å². The van der Waals surface area contributed by atoms with Gasteiger partial charge in [0.05, 0.1) is 6.04 Å². The Morgan fingerprint density at radius 3 is 2.41 bits per heavy atom. The summed E-state index contributed by atoms with van der Waals surface area (Å²) in [4.78, 5) is 2.18. The Labute approximate surface area is 100 Å². The van der Waals surface area contributed by atoms with Gasteiger partial charge in [0.1, 0.15) is 11.6 Å². The summed E-state index contributed by atoms with van der Waals surface area (Å²) in [5, 5.41) is 0. The Kier molecular flexibility index (Phi) is 3.74. The quantitative estimate of drug-likeness (QED) is 0.879. The lowest BCUT2D eigenvalue weighted by molar-refractivity contribution is 0.214. The maximum absolute atomic E-state index is 13.8. The normalized spacial score (nSPS) is 20.5. The molecule has 2 rings (SSSR count). The molecule has 0 bridgehead atoms. The van der Waals surface area contributed by atoms with E-state index in [0.717, 1.165) is 32.0 Å². The van der Waals surface area contributed by atoms with Crippen LogP contribution in [0.5, 0.6) is 0 Å². The molecule has 0 amide bonds. The number of rotatable bonds is 3. The predicted octanol–water partition coefficient (Wildman–Crippen LogP) is 2.45.